The highest BCUT2D eigenvalue weighted by Crippen LogP contribution is 2.21. The van der Waals surface area contributed by atoms with E-state index in [2.05, 4.69) is 47.8 Å². The van der Waals surface area contributed by atoms with Crippen molar-refractivity contribution in [3.05, 3.63) is 71.8 Å². The molecule has 1 aliphatic heterocycles. The van der Waals surface area contributed by atoms with Gasteiger partial charge in [0.2, 0.25) is 0 Å². The van der Waals surface area contributed by atoms with Gasteiger partial charge in [-0.3, -0.25) is 5.32 Å². The first-order chi connectivity index (χ1) is 8.92. The Kier molecular flexibility index (Phi) is 3.40. The number of hydrogen-bond acceptors (Lipinski definition) is 2. The number of nitrogens with one attached hydrogen (secondary N) is 1. The maximum absolute atomic E-state index is 5.81. The van der Waals surface area contributed by atoms with Crippen molar-refractivity contribution < 1.29 is 4.74 Å². The molecule has 1 saturated heterocycles. The van der Waals surface area contributed by atoms with Crippen LogP contribution in [0.3, 0.4) is 0 Å². The van der Waals surface area contributed by atoms with Crippen LogP contribution >= 0.6 is 0 Å². The van der Waals surface area contributed by atoms with Crippen molar-refractivity contribution in [3.63, 3.8) is 0 Å². The molecule has 1 aliphatic rings. The minimum Gasteiger partial charge on any atom is -0.357 e. The zero-order chi connectivity index (χ0) is 12.2. The fourth-order valence-corrected chi connectivity index (χ4v) is 2.36. The Morgan fingerprint density at radius 2 is 1.61 bits per heavy atom. The molecule has 2 nitrogen and oxygen atoms in total. The maximum atomic E-state index is 5.81. The van der Waals surface area contributed by atoms with Gasteiger partial charge in [0.05, 0.1) is 6.61 Å². The molecule has 0 spiro atoms. The summed E-state index contributed by atoms with van der Waals surface area (Å²) in [7, 11) is 0. The number of rotatable bonds is 3. The van der Waals surface area contributed by atoms with Crippen LogP contribution in [0.25, 0.3) is 0 Å². The maximum Gasteiger partial charge on any atom is 0.134 e. The minimum atomic E-state index is 0.0416. The van der Waals surface area contributed by atoms with Gasteiger partial charge in [0.15, 0.2) is 0 Å². The van der Waals surface area contributed by atoms with E-state index in [0.717, 1.165) is 13.0 Å². The van der Waals surface area contributed by atoms with Gasteiger partial charge in [-0.2, -0.15) is 0 Å². The molecule has 0 aromatic heterocycles. The van der Waals surface area contributed by atoms with E-state index in [9.17, 15) is 0 Å². The second kappa shape index (κ2) is 5.34. The highest BCUT2D eigenvalue weighted by atomic mass is 16.5. The lowest BCUT2D eigenvalue weighted by Crippen LogP contribution is -2.27. The summed E-state index contributed by atoms with van der Waals surface area (Å²) >= 11 is 0. The summed E-state index contributed by atoms with van der Waals surface area (Å²) in [6.45, 7) is 0.772. The van der Waals surface area contributed by atoms with Crippen LogP contribution in [0.1, 0.15) is 17.4 Å². The smallest absolute Gasteiger partial charge is 0.134 e. The first-order valence-electron chi connectivity index (χ1n) is 6.38. The summed E-state index contributed by atoms with van der Waals surface area (Å²) in [4.78, 5) is 0. The van der Waals surface area contributed by atoms with E-state index in [0.29, 0.717) is 6.04 Å². The molecule has 0 aliphatic carbocycles. The van der Waals surface area contributed by atoms with Gasteiger partial charge in [0.25, 0.3) is 0 Å². The van der Waals surface area contributed by atoms with Crippen molar-refractivity contribution in [1.29, 1.82) is 0 Å². The van der Waals surface area contributed by atoms with E-state index < -0.39 is 0 Å². The topological polar surface area (TPSA) is 21.3 Å². The van der Waals surface area contributed by atoms with Crippen LogP contribution in [0.4, 0.5) is 0 Å². The van der Waals surface area contributed by atoms with Crippen LogP contribution in [-0.4, -0.2) is 12.6 Å². The molecule has 1 fully saturated rings. The van der Waals surface area contributed by atoms with Crippen molar-refractivity contribution in [2.24, 2.45) is 0 Å². The van der Waals surface area contributed by atoms with Gasteiger partial charge < -0.3 is 4.74 Å². The van der Waals surface area contributed by atoms with Crippen LogP contribution in [0.5, 0.6) is 0 Å². The number of hydrogen-bond donors (Lipinski definition) is 1. The highest BCUT2D eigenvalue weighted by Gasteiger charge is 2.25. The molecule has 2 atom stereocenters. The van der Waals surface area contributed by atoms with E-state index in [4.69, 9.17) is 4.74 Å². The number of benzene rings is 2. The van der Waals surface area contributed by atoms with Crippen molar-refractivity contribution in [1.82, 2.24) is 5.32 Å². The molecule has 2 heteroatoms. The van der Waals surface area contributed by atoms with Crippen molar-refractivity contribution in [3.8, 4) is 0 Å². The monoisotopic (exact) mass is 239 g/mol. The predicted octanol–water partition coefficient (Wildman–Crippen LogP) is 2.92. The predicted molar refractivity (Wildman–Crippen MR) is 72.2 cm³/mol. The average Bonchev–Trinajstić information content (AvgIpc) is 2.89. The van der Waals surface area contributed by atoms with Gasteiger partial charge in [0.1, 0.15) is 6.23 Å². The van der Waals surface area contributed by atoms with E-state index in [1.54, 1.807) is 0 Å². The van der Waals surface area contributed by atoms with Crippen LogP contribution < -0.4 is 5.32 Å². The Morgan fingerprint density at radius 3 is 2.33 bits per heavy atom. The molecule has 2 aromatic rings. The summed E-state index contributed by atoms with van der Waals surface area (Å²) in [5, 5.41) is 3.53. The Balaban J connectivity index is 1.62. The van der Waals surface area contributed by atoms with Crippen LogP contribution in [0.2, 0.25) is 0 Å². The third-order valence-corrected chi connectivity index (χ3v) is 3.28. The zero-order valence-electron chi connectivity index (χ0n) is 10.3. The zero-order valence-corrected chi connectivity index (χ0v) is 10.3. The second-order valence-corrected chi connectivity index (χ2v) is 4.68. The molecule has 3 rings (SSSR count). The Labute approximate surface area is 108 Å². The SMILES string of the molecule is c1ccc(C[C@H]2CO[C@@H](c3ccccc3)N2)cc1. The molecule has 18 heavy (non-hydrogen) atoms. The van der Waals surface area contributed by atoms with Crippen molar-refractivity contribution in [2.75, 3.05) is 6.61 Å². The first kappa shape index (κ1) is 11.5. The van der Waals surface area contributed by atoms with Crippen molar-refractivity contribution in [2.45, 2.75) is 18.7 Å². The van der Waals surface area contributed by atoms with E-state index in [-0.39, 0.29) is 6.23 Å². The van der Waals surface area contributed by atoms with Gasteiger partial charge in [-0.15, -0.1) is 0 Å². The van der Waals surface area contributed by atoms with Crippen LogP contribution in [-0.2, 0) is 11.2 Å². The van der Waals surface area contributed by atoms with E-state index >= 15 is 0 Å². The molecule has 1 heterocycles. The molecule has 0 unspecified atom stereocenters. The standard InChI is InChI=1S/C16H17NO/c1-3-7-13(8-4-1)11-15-12-18-16(17-15)14-9-5-2-6-10-14/h1-10,15-17H,11-12H2/t15-,16-/m0/s1. The summed E-state index contributed by atoms with van der Waals surface area (Å²) in [5.74, 6) is 0. The first-order valence-corrected chi connectivity index (χ1v) is 6.38. The summed E-state index contributed by atoms with van der Waals surface area (Å²) in [6, 6.07) is 21.3. The van der Waals surface area contributed by atoms with Gasteiger partial charge in [-0.05, 0) is 17.5 Å². The molecule has 92 valence electrons. The van der Waals surface area contributed by atoms with E-state index in [1.165, 1.54) is 11.1 Å². The molecular formula is C16H17NO. The molecule has 0 saturated carbocycles. The quantitative estimate of drug-likeness (QED) is 0.889. The fourth-order valence-electron chi connectivity index (χ4n) is 2.36. The molecular weight excluding hydrogens is 222 g/mol. The summed E-state index contributed by atoms with van der Waals surface area (Å²) < 4.78 is 5.81. The highest BCUT2D eigenvalue weighted by molar-refractivity contribution is 5.20. The number of ether oxygens (including phenoxy) is 1. The third-order valence-electron chi connectivity index (χ3n) is 3.28. The van der Waals surface area contributed by atoms with Gasteiger partial charge in [-0.1, -0.05) is 60.7 Å². The molecule has 0 bridgehead atoms. The summed E-state index contributed by atoms with van der Waals surface area (Å²) in [6.07, 6.45) is 1.06. The summed E-state index contributed by atoms with van der Waals surface area (Å²) in [5.41, 5.74) is 2.56. The Hall–Kier alpha value is -1.64. The lowest BCUT2D eigenvalue weighted by atomic mass is 10.1. The second-order valence-electron chi connectivity index (χ2n) is 4.68. The lowest BCUT2D eigenvalue weighted by molar-refractivity contribution is 0.101. The largest absolute Gasteiger partial charge is 0.357 e. The minimum absolute atomic E-state index is 0.0416. The molecule has 0 radical (unpaired) electrons. The van der Waals surface area contributed by atoms with Gasteiger partial charge >= 0.3 is 0 Å². The molecule has 2 aromatic carbocycles. The average molecular weight is 239 g/mol. The Bertz CT molecular complexity index is 483. The van der Waals surface area contributed by atoms with Crippen LogP contribution in [0.15, 0.2) is 60.7 Å². The van der Waals surface area contributed by atoms with Crippen LogP contribution in [0, 0.1) is 0 Å². The van der Waals surface area contributed by atoms with Gasteiger partial charge in [0, 0.05) is 6.04 Å². The van der Waals surface area contributed by atoms with Crippen molar-refractivity contribution >= 4 is 0 Å². The fraction of sp³-hybridized carbons (Fsp3) is 0.250. The Morgan fingerprint density at radius 1 is 0.944 bits per heavy atom. The third kappa shape index (κ3) is 2.61. The van der Waals surface area contributed by atoms with E-state index in [1.807, 2.05) is 18.2 Å². The normalized spacial score (nSPS) is 23.1. The lowest BCUT2D eigenvalue weighted by Gasteiger charge is -2.12. The molecule has 0 amide bonds. The van der Waals surface area contributed by atoms with Gasteiger partial charge in [-0.25, -0.2) is 0 Å². The molecule has 1 N–H and O–H groups in total.